The number of thioether (sulfide) groups is 1. The average Bonchev–Trinajstić information content (AvgIpc) is 2.89. The number of anilines is 1. The monoisotopic (exact) mass is 385 g/mol. The molecule has 0 N–H and O–H groups in total. The van der Waals surface area contributed by atoms with Crippen molar-refractivity contribution in [1.29, 1.82) is 0 Å². The van der Waals surface area contributed by atoms with Crippen molar-refractivity contribution < 1.29 is 24.4 Å². The summed E-state index contributed by atoms with van der Waals surface area (Å²) >= 11 is 0.966. The molecule has 2 aromatic carbocycles. The van der Waals surface area contributed by atoms with Gasteiger partial charge in [-0.3, -0.25) is 19.7 Å². The molecule has 1 aliphatic heterocycles. The lowest BCUT2D eigenvalue weighted by molar-refractivity contribution is -0.384. The summed E-state index contributed by atoms with van der Waals surface area (Å²) in [6.45, 7) is 1.64. The van der Waals surface area contributed by atoms with Crippen LogP contribution in [0.4, 0.5) is 11.4 Å². The second kappa shape index (κ2) is 7.20. The van der Waals surface area contributed by atoms with E-state index < -0.39 is 28.0 Å². The highest BCUT2D eigenvalue weighted by atomic mass is 32.2. The summed E-state index contributed by atoms with van der Waals surface area (Å²) in [6.07, 6.45) is -0.132. The van der Waals surface area contributed by atoms with Crippen molar-refractivity contribution in [3.8, 4) is 0 Å². The number of carbonyl (C=O) groups is 3. The van der Waals surface area contributed by atoms with E-state index in [1.54, 1.807) is 13.0 Å². The van der Waals surface area contributed by atoms with Gasteiger partial charge in [-0.15, -0.1) is 11.8 Å². The quantitative estimate of drug-likeness (QED) is 0.436. The Labute approximate surface area is 157 Å². The lowest BCUT2D eigenvalue weighted by atomic mass is 10.1. The van der Waals surface area contributed by atoms with Gasteiger partial charge >= 0.3 is 0 Å². The van der Waals surface area contributed by atoms with Crippen LogP contribution in [0.25, 0.3) is 0 Å². The number of hydrogen-bond acceptors (Lipinski definition) is 7. The Morgan fingerprint density at radius 3 is 2.59 bits per heavy atom. The number of nitro benzene ring substituents is 1. The number of carboxylic acid groups (broad SMARTS) is 1. The number of aryl methyl sites for hydroxylation is 1. The number of hydrogen-bond donors (Lipinski definition) is 0. The fourth-order valence-corrected chi connectivity index (χ4v) is 3.97. The molecule has 2 aromatic rings. The summed E-state index contributed by atoms with van der Waals surface area (Å²) in [4.78, 5) is 48.1. The van der Waals surface area contributed by atoms with Crippen molar-refractivity contribution in [3.63, 3.8) is 0 Å². The van der Waals surface area contributed by atoms with Crippen molar-refractivity contribution in [2.24, 2.45) is 0 Å². The Hall–Kier alpha value is -3.20. The van der Waals surface area contributed by atoms with E-state index in [9.17, 15) is 29.6 Å². The van der Waals surface area contributed by atoms with Crippen LogP contribution in [0.15, 0.2) is 47.4 Å². The Morgan fingerprint density at radius 2 is 1.93 bits per heavy atom. The molecule has 1 heterocycles. The van der Waals surface area contributed by atoms with Crippen LogP contribution >= 0.6 is 11.8 Å². The molecule has 0 aliphatic carbocycles. The number of nitro groups is 1. The van der Waals surface area contributed by atoms with E-state index in [0.717, 1.165) is 16.7 Å². The number of aromatic carboxylic acids is 1. The summed E-state index contributed by atoms with van der Waals surface area (Å²) in [5.41, 5.74) is 0.418. The molecule has 1 atom stereocenters. The van der Waals surface area contributed by atoms with Gasteiger partial charge in [0.2, 0.25) is 11.8 Å². The van der Waals surface area contributed by atoms with Crippen LogP contribution in [0.5, 0.6) is 0 Å². The normalized spacial score (nSPS) is 16.6. The molecule has 0 unspecified atom stereocenters. The number of amides is 2. The fourth-order valence-electron chi connectivity index (χ4n) is 2.79. The van der Waals surface area contributed by atoms with Crippen molar-refractivity contribution >= 4 is 40.9 Å². The summed E-state index contributed by atoms with van der Waals surface area (Å²) in [5, 5.41) is 21.4. The van der Waals surface area contributed by atoms with Crippen molar-refractivity contribution in [1.82, 2.24) is 0 Å². The third kappa shape index (κ3) is 3.54. The Morgan fingerprint density at radius 1 is 1.22 bits per heavy atom. The van der Waals surface area contributed by atoms with Gasteiger partial charge in [-0.1, -0.05) is 24.3 Å². The van der Waals surface area contributed by atoms with Gasteiger partial charge in [0.25, 0.3) is 5.69 Å². The number of imide groups is 1. The van der Waals surface area contributed by atoms with Gasteiger partial charge in [-0.2, -0.15) is 0 Å². The van der Waals surface area contributed by atoms with Crippen LogP contribution in [0.2, 0.25) is 0 Å². The molecule has 1 aliphatic rings. The zero-order valence-electron chi connectivity index (χ0n) is 14.1. The standard InChI is InChI=1S/C18H14N2O6S/c1-10-6-7-11(20(25)26)8-13(10)19-16(21)9-15(17(19)22)27-14-5-3-2-4-12(14)18(23)24/h2-8,15H,9H2,1H3,(H,23,24)/p-1/t15-/m0/s1. The molecule has 1 saturated heterocycles. The molecule has 27 heavy (non-hydrogen) atoms. The molecular weight excluding hydrogens is 372 g/mol. The van der Waals surface area contributed by atoms with Crippen molar-refractivity contribution in [3.05, 3.63) is 63.7 Å². The second-order valence-corrected chi connectivity index (χ2v) is 7.13. The Balaban J connectivity index is 1.92. The van der Waals surface area contributed by atoms with Crippen LogP contribution < -0.4 is 10.0 Å². The predicted molar refractivity (Wildman–Crippen MR) is 95.4 cm³/mol. The zero-order chi connectivity index (χ0) is 19.7. The first-order valence-corrected chi connectivity index (χ1v) is 8.76. The lowest BCUT2D eigenvalue weighted by Crippen LogP contribution is -2.32. The highest BCUT2D eigenvalue weighted by Crippen LogP contribution is 2.37. The van der Waals surface area contributed by atoms with Crippen LogP contribution in [0.3, 0.4) is 0 Å². The van der Waals surface area contributed by atoms with E-state index in [1.807, 2.05) is 0 Å². The highest BCUT2D eigenvalue weighted by Gasteiger charge is 2.41. The molecule has 138 valence electrons. The van der Waals surface area contributed by atoms with Gasteiger partial charge in [0.1, 0.15) is 0 Å². The molecule has 0 radical (unpaired) electrons. The fraction of sp³-hybridized carbons (Fsp3) is 0.167. The van der Waals surface area contributed by atoms with E-state index >= 15 is 0 Å². The SMILES string of the molecule is Cc1ccc([N+](=O)[O-])cc1N1C(=O)C[C@H](Sc2ccccc2C(=O)[O-])C1=O. The number of carboxylic acids is 1. The number of nitrogens with zero attached hydrogens (tertiary/aromatic N) is 2. The maximum Gasteiger partial charge on any atom is 0.271 e. The maximum atomic E-state index is 12.8. The molecule has 0 bridgehead atoms. The summed E-state index contributed by atoms with van der Waals surface area (Å²) < 4.78 is 0. The molecule has 2 amide bonds. The smallest absolute Gasteiger partial charge is 0.271 e. The zero-order valence-corrected chi connectivity index (χ0v) is 14.9. The minimum absolute atomic E-state index is 0.0623. The number of benzene rings is 2. The molecule has 0 saturated carbocycles. The van der Waals surface area contributed by atoms with Crippen LogP contribution in [-0.4, -0.2) is 28.0 Å². The van der Waals surface area contributed by atoms with Gasteiger partial charge in [-0.05, 0) is 18.6 Å². The van der Waals surface area contributed by atoms with Crippen LogP contribution in [0, 0.1) is 17.0 Å². The molecule has 9 heteroatoms. The van der Waals surface area contributed by atoms with Gasteiger partial charge in [0.05, 0.1) is 21.8 Å². The van der Waals surface area contributed by atoms with Crippen molar-refractivity contribution in [2.75, 3.05) is 4.90 Å². The number of rotatable bonds is 5. The van der Waals surface area contributed by atoms with Crippen LogP contribution in [0.1, 0.15) is 22.3 Å². The van der Waals surface area contributed by atoms with E-state index in [2.05, 4.69) is 0 Å². The molecule has 1 fully saturated rings. The van der Waals surface area contributed by atoms with E-state index in [-0.39, 0.29) is 23.4 Å². The van der Waals surface area contributed by atoms with Gasteiger partial charge < -0.3 is 9.90 Å². The first-order valence-electron chi connectivity index (χ1n) is 7.88. The highest BCUT2D eigenvalue weighted by molar-refractivity contribution is 8.00. The van der Waals surface area contributed by atoms with Crippen molar-refractivity contribution in [2.45, 2.75) is 23.5 Å². The van der Waals surface area contributed by atoms with Crippen LogP contribution in [-0.2, 0) is 9.59 Å². The first kappa shape index (κ1) is 18.6. The topological polar surface area (TPSA) is 121 Å². The maximum absolute atomic E-state index is 12.8. The van der Waals surface area contributed by atoms with Gasteiger partial charge in [-0.25, -0.2) is 4.90 Å². The second-order valence-electron chi connectivity index (χ2n) is 5.89. The van der Waals surface area contributed by atoms with E-state index in [0.29, 0.717) is 10.5 Å². The number of carbonyl (C=O) groups excluding carboxylic acids is 3. The minimum atomic E-state index is -1.37. The summed E-state index contributed by atoms with van der Waals surface area (Å²) in [7, 11) is 0. The molecule has 8 nitrogen and oxygen atoms in total. The van der Waals surface area contributed by atoms with Gasteiger partial charge in [0.15, 0.2) is 0 Å². The third-order valence-electron chi connectivity index (χ3n) is 4.13. The lowest BCUT2D eigenvalue weighted by Gasteiger charge is -2.17. The largest absolute Gasteiger partial charge is 0.545 e. The summed E-state index contributed by atoms with van der Waals surface area (Å²) in [5.74, 6) is -2.41. The molecule has 3 rings (SSSR count). The Bertz CT molecular complexity index is 974. The third-order valence-corrected chi connectivity index (χ3v) is 5.39. The summed E-state index contributed by atoms with van der Waals surface area (Å²) in [6, 6.07) is 10.0. The molecule has 0 spiro atoms. The molecule has 0 aromatic heterocycles. The minimum Gasteiger partial charge on any atom is -0.545 e. The number of non-ortho nitro benzene ring substituents is 1. The molecular formula is C18H13N2O6S-. The average molecular weight is 385 g/mol. The first-order chi connectivity index (χ1) is 12.8. The predicted octanol–water partition coefficient (Wildman–Crippen LogP) is 1.69. The van der Waals surface area contributed by atoms with E-state index in [4.69, 9.17) is 0 Å². The Kier molecular flexibility index (Phi) is 4.95. The van der Waals surface area contributed by atoms with E-state index in [1.165, 1.54) is 36.4 Å². The van der Waals surface area contributed by atoms with Gasteiger partial charge in [0, 0.05) is 29.0 Å².